The molecule has 160 valence electrons. The van der Waals surface area contributed by atoms with Crippen molar-refractivity contribution in [1.82, 2.24) is 0 Å². The predicted octanol–water partition coefficient (Wildman–Crippen LogP) is -3.80. The van der Waals surface area contributed by atoms with Gasteiger partial charge in [0, 0.05) is 0 Å². The first-order valence-corrected chi connectivity index (χ1v) is 12.3. The van der Waals surface area contributed by atoms with E-state index in [2.05, 4.69) is 112 Å². The number of allylic oxidation sites excluding steroid dienone is 4. The van der Waals surface area contributed by atoms with Crippen LogP contribution >= 0.6 is 0 Å². The Hall–Kier alpha value is -0.279. The van der Waals surface area contributed by atoms with Crippen LogP contribution in [0.25, 0.3) is 0 Å². The largest absolute Gasteiger partial charge is 1.00 e. The molecule has 1 aliphatic carbocycles. The third-order valence-corrected chi connectivity index (χ3v) is 12.3. The van der Waals surface area contributed by atoms with Crippen molar-refractivity contribution in [1.29, 1.82) is 0 Å². The topological polar surface area (TPSA) is 0 Å². The van der Waals surface area contributed by atoms with Crippen LogP contribution in [0.3, 0.4) is 0 Å². The van der Waals surface area contributed by atoms with Gasteiger partial charge in [0.1, 0.15) is 0 Å². The summed E-state index contributed by atoms with van der Waals surface area (Å²) < 4.78 is 1.58. The first-order chi connectivity index (χ1) is 12.6. The van der Waals surface area contributed by atoms with Crippen LogP contribution in [0, 0.1) is 27.7 Å². The van der Waals surface area contributed by atoms with Crippen molar-refractivity contribution < 1.29 is 57.7 Å². The van der Waals surface area contributed by atoms with Gasteiger partial charge in [-0.25, -0.2) is 0 Å². The maximum absolute atomic E-state index is 2.52. The summed E-state index contributed by atoms with van der Waals surface area (Å²) in [6.07, 6.45) is 0. The standard InChI is InChI=1S/C25H31Si.3ClH.Ti/c1-16-9-17(2)12-23(11-16)26(24-13-18(3)10-19(4)14-24)25(8)15-20(5)21(6)22(25)7;;;;/h9-14,26H,1-8H3;3*1H;/q;;;;+3/p-3. The Morgan fingerprint density at radius 1 is 0.600 bits per heavy atom. The van der Waals surface area contributed by atoms with Crippen LogP contribution in [0.2, 0.25) is 5.04 Å². The molecular weight excluding hydrogens is 483 g/mol. The van der Waals surface area contributed by atoms with Gasteiger partial charge in [-0.1, -0.05) is 0 Å². The fourth-order valence-electron chi connectivity index (χ4n) is 5.01. The summed E-state index contributed by atoms with van der Waals surface area (Å²) in [6, 6.07) is 14.4. The smallest absolute Gasteiger partial charge is 1.00 e. The Morgan fingerprint density at radius 2 is 0.933 bits per heavy atom. The van der Waals surface area contributed by atoms with Crippen molar-refractivity contribution in [2.24, 2.45) is 0 Å². The summed E-state index contributed by atoms with van der Waals surface area (Å²) >= 11 is 2.38. The second kappa shape index (κ2) is 11.0. The average molecular weight is 514 g/mol. The third-order valence-electron chi connectivity index (χ3n) is 6.53. The van der Waals surface area contributed by atoms with Gasteiger partial charge >= 0.3 is 179 Å². The molecule has 0 amide bonds. The Labute approximate surface area is 215 Å². The molecule has 1 atom stereocenters. The summed E-state index contributed by atoms with van der Waals surface area (Å²) in [6.45, 7) is 18.5. The molecule has 1 aliphatic rings. The molecule has 0 saturated heterocycles. The molecule has 0 saturated carbocycles. The Morgan fingerprint density at radius 3 is 1.20 bits per heavy atom. The van der Waals surface area contributed by atoms with E-state index in [4.69, 9.17) is 0 Å². The van der Waals surface area contributed by atoms with Gasteiger partial charge in [0.2, 0.25) is 0 Å². The molecule has 0 N–H and O–H groups in total. The van der Waals surface area contributed by atoms with Crippen LogP contribution in [-0.2, 0) is 20.4 Å². The zero-order chi connectivity index (χ0) is 20.1. The molecular formula is C25H31Cl3SiTi. The average Bonchev–Trinajstić information content (AvgIpc) is 2.70. The Balaban J connectivity index is 0.00000280. The minimum Gasteiger partial charge on any atom is -1.00 e. The molecule has 2 aromatic carbocycles. The van der Waals surface area contributed by atoms with Crippen molar-refractivity contribution in [3.63, 3.8) is 0 Å². The maximum Gasteiger partial charge on any atom is -1.00 e. The zero-order valence-electron chi connectivity index (χ0n) is 19.2. The molecule has 0 bridgehead atoms. The molecule has 3 rings (SSSR count). The first kappa shape index (κ1) is 29.7. The van der Waals surface area contributed by atoms with Crippen LogP contribution in [0.15, 0.2) is 57.0 Å². The number of benzene rings is 2. The summed E-state index contributed by atoms with van der Waals surface area (Å²) in [5.74, 6) is 0. The fraction of sp³-hybridized carbons (Fsp3) is 0.360. The van der Waals surface area contributed by atoms with E-state index in [1.807, 2.05) is 0 Å². The second-order valence-corrected chi connectivity index (χ2v) is 12.9. The van der Waals surface area contributed by atoms with Crippen molar-refractivity contribution >= 4 is 19.2 Å². The number of hydrogen-bond donors (Lipinski definition) is 0. The number of hydrogen-bond acceptors (Lipinski definition) is 0. The zero-order valence-corrected chi connectivity index (χ0v) is 24.2. The molecule has 0 nitrogen and oxygen atoms in total. The fourth-order valence-corrected chi connectivity index (χ4v) is 10.9. The molecule has 1 unspecified atom stereocenters. The minimum absolute atomic E-state index is 0. The Bertz CT molecular complexity index is 876. The van der Waals surface area contributed by atoms with Crippen molar-refractivity contribution in [2.45, 2.75) is 60.4 Å². The van der Waals surface area contributed by atoms with E-state index in [0.717, 1.165) is 0 Å². The van der Waals surface area contributed by atoms with Gasteiger partial charge in [0.05, 0.1) is 0 Å². The van der Waals surface area contributed by atoms with Crippen LogP contribution < -0.4 is 47.6 Å². The van der Waals surface area contributed by atoms with E-state index < -0.39 is 8.80 Å². The normalized spacial score (nSPS) is 18.2. The Kier molecular flexibility index (Phi) is 10.9. The number of aryl methyl sites for hydroxylation is 4. The molecule has 0 fully saturated rings. The van der Waals surface area contributed by atoms with Crippen molar-refractivity contribution in [3.8, 4) is 0 Å². The monoisotopic (exact) mass is 512 g/mol. The van der Waals surface area contributed by atoms with Gasteiger partial charge in [-0.05, 0) is 0 Å². The summed E-state index contributed by atoms with van der Waals surface area (Å²) in [5, 5.41) is 3.29. The van der Waals surface area contributed by atoms with Gasteiger partial charge in [-0.2, -0.15) is 0 Å². The SMILES string of the molecule is CC1=C(C)C(C)([SiH](c2cc(C)cc(C)c2)c2cc(C)cc(C)c2)[C]([Ti+3])=C1C.[Cl-].[Cl-].[Cl-]. The molecule has 2 aromatic rings. The van der Waals surface area contributed by atoms with E-state index >= 15 is 0 Å². The molecule has 5 heteroatoms. The van der Waals surface area contributed by atoms with Crippen LogP contribution in [0.1, 0.15) is 49.9 Å². The second-order valence-electron chi connectivity index (χ2n) is 8.73. The summed E-state index contributed by atoms with van der Waals surface area (Å²) in [7, 11) is -1.54. The first-order valence-electron chi connectivity index (χ1n) is 9.83. The van der Waals surface area contributed by atoms with Crippen molar-refractivity contribution in [3.05, 3.63) is 79.2 Å². The van der Waals surface area contributed by atoms with Gasteiger partial charge in [0.15, 0.2) is 0 Å². The molecule has 0 aliphatic heterocycles. The molecule has 0 radical (unpaired) electrons. The molecule has 30 heavy (non-hydrogen) atoms. The van der Waals surface area contributed by atoms with E-state index in [1.54, 1.807) is 19.8 Å². The quantitative estimate of drug-likeness (QED) is 0.370. The molecule has 0 aromatic heterocycles. The van der Waals surface area contributed by atoms with Crippen LogP contribution in [-0.4, -0.2) is 8.80 Å². The summed E-state index contributed by atoms with van der Waals surface area (Å²) in [5.41, 5.74) is 10.1. The van der Waals surface area contributed by atoms with E-state index in [9.17, 15) is 0 Å². The maximum atomic E-state index is 2.52. The molecule has 0 spiro atoms. The predicted molar refractivity (Wildman–Crippen MR) is 118 cm³/mol. The van der Waals surface area contributed by atoms with Crippen LogP contribution in [0.5, 0.6) is 0 Å². The summed E-state index contributed by atoms with van der Waals surface area (Å²) in [4.78, 5) is 0. The van der Waals surface area contributed by atoms with Gasteiger partial charge < -0.3 is 37.2 Å². The van der Waals surface area contributed by atoms with Gasteiger partial charge in [-0.15, -0.1) is 0 Å². The van der Waals surface area contributed by atoms with E-state index in [0.29, 0.717) is 0 Å². The van der Waals surface area contributed by atoms with Gasteiger partial charge in [-0.3, -0.25) is 0 Å². The van der Waals surface area contributed by atoms with Crippen molar-refractivity contribution in [2.75, 3.05) is 0 Å². The molecule has 0 heterocycles. The third kappa shape index (κ3) is 5.20. The number of rotatable bonds is 3. The minimum atomic E-state index is -1.54. The number of halogens is 3. The van der Waals surface area contributed by atoms with E-state index in [1.165, 1.54) is 33.4 Å². The van der Waals surface area contributed by atoms with Crippen LogP contribution in [0.4, 0.5) is 0 Å². The van der Waals surface area contributed by atoms with E-state index in [-0.39, 0.29) is 42.3 Å². The van der Waals surface area contributed by atoms with Gasteiger partial charge in [0.25, 0.3) is 0 Å².